The van der Waals surface area contributed by atoms with E-state index in [2.05, 4.69) is 42.7 Å². The second-order valence-corrected chi connectivity index (χ2v) is 4.86. The number of rotatable bonds is 6. The van der Waals surface area contributed by atoms with E-state index in [9.17, 15) is 0 Å². The third-order valence-corrected chi connectivity index (χ3v) is 3.24. The summed E-state index contributed by atoms with van der Waals surface area (Å²) < 4.78 is 0. The minimum atomic E-state index is 1.02. The maximum Gasteiger partial charge on any atom is 0.0302 e. The molecule has 0 aliphatic rings. The first-order valence-electron chi connectivity index (χ1n) is 5.08. The first kappa shape index (κ1) is 11.7. The summed E-state index contributed by atoms with van der Waals surface area (Å²) in [5.41, 5.74) is 1.41. The van der Waals surface area contributed by atoms with E-state index in [4.69, 9.17) is 0 Å². The van der Waals surface area contributed by atoms with Gasteiger partial charge in [-0.15, -0.1) is 11.3 Å². The molecular formula is C11H20N2S. The average Bonchev–Trinajstić information content (AvgIpc) is 2.51. The molecule has 1 aromatic heterocycles. The van der Waals surface area contributed by atoms with Crippen LogP contribution in [0.2, 0.25) is 0 Å². The van der Waals surface area contributed by atoms with Crippen molar-refractivity contribution in [2.24, 2.45) is 0 Å². The molecule has 0 amide bonds. The molecule has 2 nitrogen and oxygen atoms in total. The van der Waals surface area contributed by atoms with Crippen molar-refractivity contribution >= 4 is 11.3 Å². The van der Waals surface area contributed by atoms with Gasteiger partial charge >= 0.3 is 0 Å². The number of aryl methyl sites for hydroxylation is 1. The molecule has 3 heteroatoms. The van der Waals surface area contributed by atoms with Crippen LogP contribution >= 0.6 is 11.3 Å². The molecule has 0 saturated heterocycles. The molecule has 0 spiro atoms. The molecule has 0 aliphatic heterocycles. The van der Waals surface area contributed by atoms with Gasteiger partial charge in [0.2, 0.25) is 0 Å². The number of nitrogens with zero attached hydrogens (tertiary/aromatic N) is 1. The van der Waals surface area contributed by atoms with Crippen LogP contribution < -0.4 is 5.32 Å². The molecule has 0 bridgehead atoms. The highest BCUT2D eigenvalue weighted by molar-refractivity contribution is 7.10. The summed E-state index contributed by atoms with van der Waals surface area (Å²) in [5.74, 6) is 0. The fourth-order valence-corrected chi connectivity index (χ4v) is 2.18. The molecule has 0 saturated carbocycles. The summed E-state index contributed by atoms with van der Waals surface area (Å²) in [6.07, 6.45) is 1.22. The van der Waals surface area contributed by atoms with Crippen molar-refractivity contribution in [2.45, 2.75) is 19.9 Å². The van der Waals surface area contributed by atoms with Gasteiger partial charge in [-0.05, 0) is 57.5 Å². The molecule has 0 fully saturated rings. The molecule has 0 aromatic carbocycles. The van der Waals surface area contributed by atoms with Crippen LogP contribution in [0, 0.1) is 6.92 Å². The Balaban J connectivity index is 2.08. The molecule has 1 heterocycles. The van der Waals surface area contributed by atoms with Crippen molar-refractivity contribution in [1.29, 1.82) is 0 Å². The Morgan fingerprint density at radius 1 is 1.43 bits per heavy atom. The predicted molar refractivity (Wildman–Crippen MR) is 63.9 cm³/mol. The van der Waals surface area contributed by atoms with Gasteiger partial charge in [-0.25, -0.2) is 0 Å². The summed E-state index contributed by atoms with van der Waals surface area (Å²) in [4.78, 5) is 3.69. The van der Waals surface area contributed by atoms with E-state index >= 15 is 0 Å². The Hall–Kier alpha value is -0.380. The lowest BCUT2D eigenvalue weighted by atomic mass is 10.3. The molecule has 1 rings (SSSR count). The lowest BCUT2D eigenvalue weighted by molar-refractivity contribution is 0.394. The summed E-state index contributed by atoms with van der Waals surface area (Å²) in [5, 5.41) is 5.63. The second-order valence-electron chi connectivity index (χ2n) is 3.86. The third-order valence-electron chi connectivity index (χ3n) is 2.21. The van der Waals surface area contributed by atoms with Crippen molar-refractivity contribution < 1.29 is 0 Å². The van der Waals surface area contributed by atoms with Gasteiger partial charge in [0, 0.05) is 11.4 Å². The Kier molecular flexibility index (Phi) is 5.15. The molecule has 14 heavy (non-hydrogen) atoms. The van der Waals surface area contributed by atoms with E-state index < -0.39 is 0 Å². The van der Waals surface area contributed by atoms with Crippen molar-refractivity contribution in [3.05, 3.63) is 21.9 Å². The Morgan fingerprint density at radius 3 is 2.79 bits per heavy atom. The van der Waals surface area contributed by atoms with Crippen LogP contribution in [0.25, 0.3) is 0 Å². The Morgan fingerprint density at radius 2 is 2.21 bits per heavy atom. The van der Waals surface area contributed by atoms with Crippen LogP contribution in [0.4, 0.5) is 0 Å². The number of hydrogen-bond donors (Lipinski definition) is 1. The van der Waals surface area contributed by atoms with Crippen LogP contribution in [0.3, 0.4) is 0 Å². The number of nitrogens with one attached hydrogen (secondary N) is 1. The van der Waals surface area contributed by atoms with Gasteiger partial charge in [-0.1, -0.05) is 0 Å². The van der Waals surface area contributed by atoms with Crippen molar-refractivity contribution in [1.82, 2.24) is 10.2 Å². The van der Waals surface area contributed by atoms with Crippen LogP contribution in [-0.2, 0) is 6.54 Å². The summed E-state index contributed by atoms with van der Waals surface area (Å²) >= 11 is 1.84. The molecule has 80 valence electrons. The van der Waals surface area contributed by atoms with E-state index in [1.807, 2.05) is 11.3 Å². The average molecular weight is 212 g/mol. The van der Waals surface area contributed by atoms with Crippen molar-refractivity contribution in [2.75, 3.05) is 27.2 Å². The molecule has 0 aliphatic carbocycles. The molecule has 1 aromatic rings. The fourth-order valence-electron chi connectivity index (χ4n) is 1.31. The molecule has 1 N–H and O–H groups in total. The Labute approximate surface area is 90.9 Å². The molecule has 0 atom stereocenters. The van der Waals surface area contributed by atoms with E-state index in [-0.39, 0.29) is 0 Å². The molecular weight excluding hydrogens is 192 g/mol. The van der Waals surface area contributed by atoms with E-state index in [0.717, 1.165) is 19.6 Å². The van der Waals surface area contributed by atoms with Crippen molar-refractivity contribution in [3.8, 4) is 0 Å². The highest BCUT2D eigenvalue weighted by Crippen LogP contribution is 2.14. The third kappa shape index (κ3) is 4.22. The second kappa shape index (κ2) is 6.17. The highest BCUT2D eigenvalue weighted by Gasteiger charge is 1.98. The van der Waals surface area contributed by atoms with Gasteiger partial charge in [0.15, 0.2) is 0 Å². The maximum atomic E-state index is 3.47. The Bertz CT molecular complexity index is 256. The van der Waals surface area contributed by atoms with Gasteiger partial charge < -0.3 is 10.2 Å². The number of hydrogen-bond acceptors (Lipinski definition) is 3. The lowest BCUT2D eigenvalue weighted by Gasteiger charge is -2.09. The smallest absolute Gasteiger partial charge is 0.0302 e. The topological polar surface area (TPSA) is 15.3 Å². The van der Waals surface area contributed by atoms with E-state index in [1.54, 1.807) is 0 Å². The normalized spacial score (nSPS) is 11.1. The van der Waals surface area contributed by atoms with E-state index in [0.29, 0.717) is 0 Å². The van der Waals surface area contributed by atoms with Crippen LogP contribution in [-0.4, -0.2) is 32.1 Å². The summed E-state index contributed by atoms with van der Waals surface area (Å²) in [6, 6.07) is 2.18. The largest absolute Gasteiger partial charge is 0.312 e. The minimum absolute atomic E-state index is 1.02. The zero-order valence-corrected chi connectivity index (χ0v) is 10.2. The van der Waals surface area contributed by atoms with Gasteiger partial charge in [0.25, 0.3) is 0 Å². The van der Waals surface area contributed by atoms with E-state index in [1.165, 1.54) is 16.9 Å². The highest BCUT2D eigenvalue weighted by atomic mass is 32.1. The first-order chi connectivity index (χ1) is 6.70. The van der Waals surface area contributed by atoms with Crippen LogP contribution in [0.1, 0.15) is 16.9 Å². The lowest BCUT2D eigenvalue weighted by Crippen LogP contribution is -2.20. The minimum Gasteiger partial charge on any atom is -0.312 e. The van der Waals surface area contributed by atoms with Crippen LogP contribution in [0.15, 0.2) is 11.4 Å². The first-order valence-corrected chi connectivity index (χ1v) is 5.96. The fraction of sp³-hybridized carbons (Fsp3) is 0.636. The van der Waals surface area contributed by atoms with Gasteiger partial charge in [-0.3, -0.25) is 0 Å². The van der Waals surface area contributed by atoms with Gasteiger partial charge in [0.1, 0.15) is 0 Å². The molecule has 0 unspecified atom stereocenters. The summed E-state index contributed by atoms with van der Waals surface area (Å²) in [6.45, 7) is 5.47. The van der Waals surface area contributed by atoms with Crippen LogP contribution in [0.5, 0.6) is 0 Å². The quantitative estimate of drug-likeness (QED) is 0.727. The monoisotopic (exact) mass is 212 g/mol. The SMILES string of the molecule is Cc1ccsc1CNCCCN(C)C. The summed E-state index contributed by atoms with van der Waals surface area (Å²) in [7, 11) is 4.23. The van der Waals surface area contributed by atoms with Crippen molar-refractivity contribution in [3.63, 3.8) is 0 Å². The molecule has 0 radical (unpaired) electrons. The number of thiophene rings is 1. The van der Waals surface area contributed by atoms with Gasteiger partial charge in [0.05, 0.1) is 0 Å². The maximum absolute atomic E-state index is 3.47. The van der Waals surface area contributed by atoms with Gasteiger partial charge in [-0.2, -0.15) is 0 Å². The predicted octanol–water partition coefficient (Wildman–Crippen LogP) is 2.10. The zero-order valence-electron chi connectivity index (χ0n) is 9.34. The zero-order chi connectivity index (χ0) is 10.4. The standard InChI is InChI=1S/C11H20N2S/c1-10-5-8-14-11(10)9-12-6-4-7-13(2)3/h5,8,12H,4,6-7,9H2,1-3H3.